The second-order valence-corrected chi connectivity index (χ2v) is 11.0. The second kappa shape index (κ2) is 9.72. The van der Waals surface area contributed by atoms with Crippen LogP contribution in [-0.2, 0) is 14.3 Å². The van der Waals surface area contributed by atoms with Gasteiger partial charge in [-0.15, -0.1) is 0 Å². The number of amides is 2. The Bertz CT molecular complexity index is 1070. The lowest BCUT2D eigenvalue weighted by molar-refractivity contribution is -0.137. The quantitative estimate of drug-likeness (QED) is 0.485. The van der Waals surface area contributed by atoms with Crippen LogP contribution in [0, 0.1) is 10.8 Å². The average Bonchev–Trinajstić information content (AvgIpc) is 3.11. The maximum Gasteiger partial charge on any atom is 0.407 e. The van der Waals surface area contributed by atoms with Crippen LogP contribution in [0.25, 0.3) is 11.1 Å². The molecule has 4 rings (SSSR count). The Morgan fingerprint density at radius 1 is 1.00 bits per heavy atom. The van der Waals surface area contributed by atoms with E-state index in [0.29, 0.717) is 6.54 Å². The summed E-state index contributed by atoms with van der Waals surface area (Å²) < 4.78 is 5.55. The molecule has 1 saturated carbocycles. The summed E-state index contributed by atoms with van der Waals surface area (Å²) in [5.74, 6) is -1.50. The smallest absolute Gasteiger partial charge is 0.407 e. The number of nitrogens with one attached hydrogen (secondary N) is 2. The molecule has 0 radical (unpaired) electrons. The Hall–Kier alpha value is -3.35. The number of fused-ring (bicyclic) bond motifs is 3. The van der Waals surface area contributed by atoms with Crippen LogP contribution in [0.2, 0.25) is 0 Å². The van der Waals surface area contributed by atoms with Crippen molar-refractivity contribution in [3.63, 3.8) is 0 Å². The molecule has 35 heavy (non-hydrogen) atoms. The molecule has 7 heteroatoms. The molecule has 1 unspecified atom stereocenters. The Labute approximate surface area is 206 Å². The Morgan fingerprint density at radius 3 is 2.11 bits per heavy atom. The lowest BCUT2D eigenvalue weighted by Crippen LogP contribution is -2.53. The van der Waals surface area contributed by atoms with Crippen molar-refractivity contribution in [1.82, 2.24) is 10.6 Å². The van der Waals surface area contributed by atoms with Crippen LogP contribution >= 0.6 is 0 Å². The maximum atomic E-state index is 12.9. The van der Waals surface area contributed by atoms with Crippen LogP contribution in [-0.4, -0.2) is 42.3 Å². The molecule has 2 aromatic carbocycles. The van der Waals surface area contributed by atoms with E-state index in [-0.39, 0.29) is 42.1 Å². The number of hydrogen-bond acceptors (Lipinski definition) is 4. The van der Waals surface area contributed by atoms with Crippen LogP contribution in [0.3, 0.4) is 0 Å². The lowest BCUT2D eigenvalue weighted by atomic mass is 9.55. The number of carboxylic acid groups (broad SMARTS) is 1. The molecule has 2 aliphatic rings. The molecule has 0 aliphatic heterocycles. The van der Waals surface area contributed by atoms with Crippen molar-refractivity contribution >= 4 is 18.0 Å². The third-order valence-corrected chi connectivity index (χ3v) is 7.10. The van der Waals surface area contributed by atoms with E-state index in [0.717, 1.165) is 35.1 Å². The number of carboxylic acids is 1. The van der Waals surface area contributed by atoms with E-state index in [1.54, 1.807) is 0 Å². The van der Waals surface area contributed by atoms with Gasteiger partial charge in [0.05, 0.1) is 0 Å². The molecule has 0 heterocycles. The molecule has 0 aromatic heterocycles. The molecule has 186 valence electrons. The third-order valence-electron chi connectivity index (χ3n) is 7.10. The zero-order valence-electron chi connectivity index (χ0n) is 20.6. The van der Waals surface area contributed by atoms with Gasteiger partial charge in [-0.1, -0.05) is 69.3 Å². The molecule has 2 amide bonds. The van der Waals surface area contributed by atoms with Gasteiger partial charge < -0.3 is 20.5 Å². The van der Waals surface area contributed by atoms with Crippen LogP contribution in [0.1, 0.15) is 63.5 Å². The van der Waals surface area contributed by atoms with Crippen LogP contribution in [0.4, 0.5) is 4.79 Å². The standard InChI is InChI=1S/C28H34N2O5/c1-27(2)15-28(3,16-27)17-29-25(33)23(12-13-24(31)32)30-26(34)35-14-22-20-10-6-4-8-18(20)19-9-5-7-11-21(19)22/h4-11,22-23H,12-17H2,1-3H3,(H,29,33)(H,30,34)(H,31,32). The molecule has 0 saturated heterocycles. The Morgan fingerprint density at radius 2 is 1.57 bits per heavy atom. The number of benzene rings is 2. The summed E-state index contributed by atoms with van der Waals surface area (Å²) in [6.07, 6.45) is 1.03. The van der Waals surface area contributed by atoms with E-state index in [2.05, 4.69) is 43.5 Å². The Kier molecular flexibility index (Phi) is 6.88. The van der Waals surface area contributed by atoms with Crippen LogP contribution < -0.4 is 10.6 Å². The number of rotatable bonds is 9. The Balaban J connectivity index is 1.36. The second-order valence-electron chi connectivity index (χ2n) is 11.0. The van der Waals surface area contributed by atoms with Crippen molar-refractivity contribution in [2.75, 3.05) is 13.2 Å². The molecule has 7 nitrogen and oxygen atoms in total. The molecule has 2 aromatic rings. The van der Waals surface area contributed by atoms with Gasteiger partial charge in [-0.3, -0.25) is 9.59 Å². The van der Waals surface area contributed by atoms with E-state index in [1.165, 1.54) is 0 Å². The maximum absolute atomic E-state index is 12.9. The fourth-order valence-electron chi connectivity index (χ4n) is 6.13. The fraction of sp³-hybridized carbons (Fsp3) is 0.464. The van der Waals surface area contributed by atoms with Gasteiger partial charge in [0.25, 0.3) is 0 Å². The summed E-state index contributed by atoms with van der Waals surface area (Å²) in [7, 11) is 0. The van der Waals surface area contributed by atoms with Gasteiger partial charge in [0.15, 0.2) is 0 Å². The van der Waals surface area contributed by atoms with Gasteiger partial charge in [0.1, 0.15) is 12.6 Å². The van der Waals surface area contributed by atoms with Crippen molar-refractivity contribution in [2.24, 2.45) is 10.8 Å². The van der Waals surface area contributed by atoms with Gasteiger partial charge >= 0.3 is 12.1 Å². The molecule has 1 fully saturated rings. The number of carbonyl (C=O) groups excluding carboxylic acids is 2. The van der Waals surface area contributed by atoms with E-state index < -0.39 is 18.1 Å². The normalized spacial score (nSPS) is 17.9. The summed E-state index contributed by atoms with van der Waals surface area (Å²) in [5.41, 5.74) is 4.73. The SMILES string of the molecule is CC1(C)CC(C)(CNC(=O)C(CCC(=O)O)NC(=O)OCC2c3ccccc3-c3ccccc32)C1. The van der Waals surface area contributed by atoms with Gasteiger partial charge in [0, 0.05) is 18.9 Å². The van der Waals surface area contributed by atoms with Crippen molar-refractivity contribution in [1.29, 1.82) is 0 Å². The van der Waals surface area contributed by atoms with Crippen molar-refractivity contribution < 1.29 is 24.2 Å². The van der Waals surface area contributed by atoms with Crippen LogP contribution in [0.15, 0.2) is 48.5 Å². The fourth-order valence-corrected chi connectivity index (χ4v) is 6.13. The third kappa shape index (κ3) is 5.66. The zero-order chi connectivity index (χ0) is 25.2. The zero-order valence-corrected chi connectivity index (χ0v) is 20.6. The highest BCUT2D eigenvalue weighted by Gasteiger charge is 2.45. The predicted octanol–water partition coefficient (Wildman–Crippen LogP) is 4.70. The number of alkyl carbamates (subject to hydrolysis) is 1. The topological polar surface area (TPSA) is 105 Å². The predicted molar refractivity (Wildman–Crippen MR) is 133 cm³/mol. The number of ether oxygens (including phenoxy) is 1. The first-order chi connectivity index (χ1) is 16.6. The van der Waals surface area contributed by atoms with E-state index in [4.69, 9.17) is 9.84 Å². The van der Waals surface area contributed by atoms with E-state index >= 15 is 0 Å². The van der Waals surface area contributed by atoms with E-state index in [9.17, 15) is 14.4 Å². The first kappa shape index (κ1) is 24.8. The highest BCUT2D eigenvalue weighted by molar-refractivity contribution is 5.86. The summed E-state index contributed by atoms with van der Waals surface area (Å²) in [6, 6.07) is 15.1. The van der Waals surface area contributed by atoms with Gasteiger partial charge in [-0.05, 0) is 52.3 Å². The monoisotopic (exact) mass is 478 g/mol. The summed E-state index contributed by atoms with van der Waals surface area (Å²) in [5, 5.41) is 14.6. The lowest BCUT2D eigenvalue weighted by Gasteiger charge is -2.51. The minimum absolute atomic E-state index is 0.00638. The van der Waals surface area contributed by atoms with Crippen molar-refractivity contribution in [2.45, 2.75) is 58.4 Å². The molecule has 2 aliphatic carbocycles. The minimum Gasteiger partial charge on any atom is -0.481 e. The number of hydrogen-bond donors (Lipinski definition) is 3. The first-order valence-electron chi connectivity index (χ1n) is 12.2. The molecule has 0 spiro atoms. The summed E-state index contributed by atoms with van der Waals surface area (Å²) in [6.45, 7) is 7.14. The average molecular weight is 479 g/mol. The van der Waals surface area contributed by atoms with Crippen LogP contribution in [0.5, 0.6) is 0 Å². The minimum atomic E-state index is -1.02. The molecular weight excluding hydrogens is 444 g/mol. The molecule has 3 N–H and O–H groups in total. The van der Waals surface area contributed by atoms with Gasteiger partial charge in [-0.25, -0.2) is 4.79 Å². The number of carbonyl (C=O) groups is 3. The molecular formula is C28H34N2O5. The van der Waals surface area contributed by atoms with Gasteiger partial charge in [0.2, 0.25) is 5.91 Å². The molecule has 1 atom stereocenters. The highest BCUT2D eigenvalue weighted by Crippen LogP contribution is 2.53. The summed E-state index contributed by atoms with van der Waals surface area (Å²) >= 11 is 0. The van der Waals surface area contributed by atoms with E-state index in [1.807, 2.05) is 36.4 Å². The van der Waals surface area contributed by atoms with Crippen molar-refractivity contribution in [3.05, 3.63) is 59.7 Å². The highest BCUT2D eigenvalue weighted by atomic mass is 16.5. The number of aliphatic carboxylic acids is 1. The first-order valence-corrected chi connectivity index (χ1v) is 12.2. The summed E-state index contributed by atoms with van der Waals surface area (Å²) in [4.78, 5) is 36.6. The molecule has 0 bridgehead atoms. The van der Waals surface area contributed by atoms with Gasteiger partial charge in [-0.2, -0.15) is 0 Å². The van der Waals surface area contributed by atoms with Crippen molar-refractivity contribution in [3.8, 4) is 11.1 Å². The largest absolute Gasteiger partial charge is 0.481 e.